The summed E-state index contributed by atoms with van der Waals surface area (Å²) in [6.07, 6.45) is 5.70. The zero-order valence-electron chi connectivity index (χ0n) is 11.5. The fourth-order valence-electron chi connectivity index (χ4n) is 2.11. The molecule has 2 N–H and O–H groups in total. The normalized spacial score (nSPS) is 12.4. The molecule has 1 atom stereocenters. The average Bonchev–Trinajstić information content (AvgIpc) is 2.86. The molecular weight excluding hydrogens is 238 g/mol. The smallest absolute Gasteiger partial charge is 0.218 e. The van der Waals surface area contributed by atoms with E-state index >= 15 is 0 Å². The van der Waals surface area contributed by atoms with E-state index in [4.69, 9.17) is 10.5 Å². The first kappa shape index (κ1) is 13.6. The van der Waals surface area contributed by atoms with Gasteiger partial charge in [0.25, 0.3) is 0 Å². The van der Waals surface area contributed by atoms with Gasteiger partial charge in [0.05, 0.1) is 13.7 Å². The minimum absolute atomic E-state index is 0.212. The molecule has 0 aromatic carbocycles. The van der Waals surface area contributed by atoms with Crippen molar-refractivity contribution in [2.24, 2.45) is 5.73 Å². The van der Waals surface area contributed by atoms with E-state index in [1.807, 2.05) is 12.1 Å². The molecule has 2 rings (SSSR count). The van der Waals surface area contributed by atoms with E-state index in [0.717, 1.165) is 24.9 Å². The second-order valence-corrected chi connectivity index (χ2v) is 4.67. The van der Waals surface area contributed by atoms with Crippen molar-refractivity contribution in [1.29, 1.82) is 0 Å². The lowest BCUT2D eigenvalue weighted by atomic mass is 10.1. The lowest BCUT2D eigenvalue weighted by Gasteiger charge is -2.14. The van der Waals surface area contributed by atoms with Crippen LogP contribution in [0.5, 0.6) is 5.88 Å². The molecule has 102 valence electrons. The third-order valence-electron chi connectivity index (χ3n) is 3.30. The van der Waals surface area contributed by atoms with Crippen LogP contribution in [0.15, 0.2) is 36.7 Å². The van der Waals surface area contributed by atoms with Crippen LogP contribution < -0.4 is 10.5 Å². The van der Waals surface area contributed by atoms with Gasteiger partial charge in [-0.3, -0.25) is 0 Å². The largest absolute Gasteiger partial charge is 0.481 e. The zero-order chi connectivity index (χ0) is 13.7. The van der Waals surface area contributed by atoms with Gasteiger partial charge in [0, 0.05) is 36.1 Å². The molecule has 0 fully saturated rings. The Morgan fingerprint density at radius 3 is 2.95 bits per heavy atom. The van der Waals surface area contributed by atoms with Gasteiger partial charge in [-0.1, -0.05) is 13.0 Å². The van der Waals surface area contributed by atoms with Crippen LogP contribution in [0.3, 0.4) is 0 Å². The number of hydrogen-bond acceptors (Lipinski definition) is 3. The monoisotopic (exact) mass is 259 g/mol. The molecule has 0 radical (unpaired) electrons. The van der Waals surface area contributed by atoms with E-state index in [0.29, 0.717) is 5.88 Å². The van der Waals surface area contributed by atoms with E-state index < -0.39 is 0 Å². The third kappa shape index (κ3) is 3.35. The Morgan fingerprint density at radius 1 is 1.37 bits per heavy atom. The van der Waals surface area contributed by atoms with Crippen molar-refractivity contribution in [2.45, 2.75) is 32.4 Å². The quantitative estimate of drug-likeness (QED) is 0.865. The summed E-state index contributed by atoms with van der Waals surface area (Å²) < 4.78 is 7.49. The first-order chi connectivity index (χ1) is 9.24. The fourth-order valence-corrected chi connectivity index (χ4v) is 2.11. The third-order valence-corrected chi connectivity index (χ3v) is 3.30. The number of pyridine rings is 1. The molecule has 4 heteroatoms. The molecule has 0 saturated carbocycles. The Labute approximate surface area is 114 Å². The van der Waals surface area contributed by atoms with Crippen LogP contribution in [0, 0.1) is 0 Å². The molecule has 4 nitrogen and oxygen atoms in total. The van der Waals surface area contributed by atoms with Crippen LogP contribution in [0.1, 0.15) is 24.6 Å². The standard InChI is InChI=1S/C15H21N3O/c1-3-13(16)10-14-7-5-9-18(14)11-12-6-4-8-17-15(12)19-2/h4-9,13H,3,10-11,16H2,1-2H3. The molecule has 1 unspecified atom stereocenters. The van der Waals surface area contributed by atoms with E-state index in [2.05, 4.69) is 34.8 Å². The molecule has 0 amide bonds. The number of rotatable bonds is 6. The van der Waals surface area contributed by atoms with Crippen molar-refractivity contribution >= 4 is 0 Å². The van der Waals surface area contributed by atoms with Crippen LogP contribution in [0.4, 0.5) is 0 Å². The lowest BCUT2D eigenvalue weighted by Crippen LogP contribution is -2.23. The van der Waals surface area contributed by atoms with Gasteiger partial charge in [0.2, 0.25) is 5.88 Å². The predicted molar refractivity (Wildman–Crippen MR) is 76.3 cm³/mol. The van der Waals surface area contributed by atoms with Crippen molar-refractivity contribution in [2.75, 3.05) is 7.11 Å². The molecule has 2 aromatic rings. The zero-order valence-corrected chi connectivity index (χ0v) is 11.5. The molecule has 0 aliphatic heterocycles. The summed E-state index contributed by atoms with van der Waals surface area (Å²) in [4.78, 5) is 4.22. The lowest BCUT2D eigenvalue weighted by molar-refractivity contribution is 0.391. The molecular formula is C15H21N3O. The highest BCUT2D eigenvalue weighted by Gasteiger charge is 2.09. The topological polar surface area (TPSA) is 53.1 Å². The molecule has 0 aliphatic rings. The summed E-state index contributed by atoms with van der Waals surface area (Å²) in [5.41, 5.74) is 8.36. The molecule has 0 saturated heterocycles. The SMILES string of the molecule is CCC(N)Cc1cccn1Cc1cccnc1OC. The van der Waals surface area contributed by atoms with Crippen LogP contribution in [0.25, 0.3) is 0 Å². The van der Waals surface area contributed by atoms with Gasteiger partial charge in [0.1, 0.15) is 0 Å². The highest BCUT2D eigenvalue weighted by Crippen LogP contribution is 2.17. The second kappa shape index (κ2) is 6.38. The number of nitrogens with two attached hydrogens (primary N) is 1. The van der Waals surface area contributed by atoms with Gasteiger partial charge in [-0.25, -0.2) is 4.98 Å². The van der Waals surface area contributed by atoms with Crippen LogP contribution >= 0.6 is 0 Å². The van der Waals surface area contributed by atoms with Gasteiger partial charge >= 0.3 is 0 Å². The Bertz CT molecular complexity index is 522. The maximum absolute atomic E-state index is 6.03. The molecule has 0 aliphatic carbocycles. The van der Waals surface area contributed by atoms with Crippen molar-refractivity contribution in [1.82, 2.24) is 9.55 Å². The summed E-state index contributed by atoms with van der Waals surface area (Å²) in [5, 5.41) is 0. The van der Waals surface area contributed by atoms with Gasteiger partial charge < -0.3 is 15.0 Å². The van der Waals surface area contributed by atoms with Gasteiger partial charge in [-0.2, -0.15) is 0 Å². The fraction of sp³-hybridized carbons (Fsp3) is 0.400. The van der Waals surface area contributed by atoms with Crippen LogP contribution in [-0.4, -0.2) is 22.7 Å². The van der Waals surface area contributed by atoms with Gasteiger partial charge in [-0.05, 0) is 24.6 Å². The van der Waals surface area contributed by atoms with E-state index in [9.17, 15) is 0 Å². The Balaban J connectivity index is 2.17. The maximum Gasteiger partial charge on any atom is 0.218 e. The number of ether oxygens (including phenoxy) is 1. The van der Waals surface area contributed by atoms with Crippen molar-refractivity contribution in [3.8, 4) is 5.88 Å². The average molecular weight is 259 g/mol. The molecule has 2 heterocycles. The molecule has 0 bridgehead atoms. The highest BCUT2D eigenvalue weighted by atomic mass is 16.5. The summed E-state index contributed by atoms with van der Waals surface area (Å²) in [5.74, 6) is 0.682. The summed E-state index contributed by atoms with van der Waals surface area (Å²) in [6, 6.07) is 8.36. The minimum Gasteiger partial charge on any atom is -0.481 e. The Kier molecular flexibility index (Phi) is 4.58. The minimum atomic E-state index is 0.212. The summed E-state index contributed by atoms with van der Waals surface area (Å²) in [6.45, 7) is 2.87. The van der Waals surface area contributed by atoms with E-state index in [-0.39, 0.29) is 6.04 Å². The Hall–Kier alpha value is -1.81. The van der Waals surface area contributed by atoms with Crippen molar-refractivity contribution in [3.63, 3.8) is 0 Å². The molecule has 0 spiro atoms. The summed E-state index contributed by atoms with van der Waals surface area (Å²) in [7, 11) is 1.65. The van der Waals surface area contributed by atoms with E-state index in [1.165, 1.54) is 5.69 Å². The molecule has 2 aromatic heterocycles. The summed E-state index contributed by atoms with van der Waals surface area (Å²) >= 11 is 0. The van der Waals surface area contributed by atoms with Gasteiger partial charge in [-0.15, -0.1) is 0 Å². The van der Waals surface area contributed by atoms with Crippen molar-refractivity contribution < 1.29 is 4.74 Å². The van der Waals surface area contributed by atoms with Crippen LogP contribution in [0.2, 0.25) is 0 Å². The first-order valence-corrected chi connectivity index (χ1v) is 6.62. The van der Waals surface area contributed by atoms with Crippen LogP contribution in [-0.2, 0) is 13.0 Å². The molecule has 19 heavy (non-hydrogen) atoms. The second-order valence-electron chi connectivity index (χ2n) is 4.67. The van der Waals surface area contributed by atoms with Gasteiger partial charge in [0.15, 0.2) is 0 Å². The van der Waals surface area contributed by atoms with E-state index in [1.54, 1.807) is 13.3 Å². The number of nitrogens with zero attached hydrogens (tertiary/aromatic N) is 2. The first-order valence-electron chi connectivity index (χ1n) is 6.62. The van der Waals surface area contributed by atoms with Crippen molar-refractivity contribution in [3.05, 3.63) is 47.9 Å². The Morgan fingerprint density at radius 2 is 2.21 bits per heavy atom. The maximum atomic E-state index is 6.03. The highest BCUT2D eigenvalue weighted by molar-refractivity contribution is 5.26. The predicted octanol–water partition coefficient (Wildman–Crippen LogP) is 2.22. The number of methoxy groups -OCH3 is 1. The number of aromatic nitrogens is 2. The number of hydrogen-bond donors (Lipinski definition) is 1.